The van der Waals surface area contributed by atoms with E-state index in [1.165, 1.54) is 5.56 Å². The number of fused-ring (bicyclic) bond motifs is 1. The van der Waals surface area contributed by atoms with Crippen molar-refractivity contribution >= 4 is 17.6 Å². The van der Waals surface area contributed by atoms with E-state index in [2.05, 4.69) is 22.8 Å². The molecular formula is C20H23N3O4. The van der Waals surface area contributed by atoms with Gasteiger partial charge in [0, 0.05) is 18.3 Å². The van der Waals surface area contributed by atoms with Gasteiger partial charge < -0.3 is 14.8 Å². The van der Waals surface area contributed by atoms with Crippen LogP contribution in [0.15, 0.2) is 48.5 Å². The topological polar surface area (TPSA) is 79.9 Å². The zero-order chi connectivity index (χ0) is 19.1. The predicted octanol–water partition coefficient (Wildman–Crippen LogP) is 2.63. The van der Waals surface area contributed by atoms with Crippen LogP contribution in [0.2, 0.25) is 0 Å². The van der Waals surface area contributed by atoms with Gasteiger partial charge >= 0.3 is 6.03 Å². The Balaban J connectivity index is 1.45. The molecule has 0 saturated carbocycles. The van der Waals surface area contributed by atoms with Gasteiger partial charge in [0.25, 0.3) is 0 Å². The number of carbonyl (C=O) groups is 2. The number of hydrogen-bond acceptors (Lipinski definition) is 5. The molecule has 0 aliphatic carbocycles. The number of anilines is 1. The number of imide groups is 1. The van der Waals surface area contributed by atoms with Crippen LogP contribution in [0.25, 0.3) is 0 Å². The third-order valence-corrected chi connectivity index (χ3v) is 4.26. The minimum absolute atomic E-state index is 0.165. The maximum atomic E-state index is 12.2. The Labute approximate surface area is 158 Å². The molecule has 2 N–H and O–H groups in total. The molecule has 2 aromatic rings. The summed E-state index contributed by atoms with van der Waals surface area (Å²) in [5.41, 5.74) is 1.75. The Morgan fingerprint density at radius 3 is 2.63 bits per heavy atom. The Hall–Kier alpha value is -3.06. The van der Waals surface area contributed by atoms with Crippen LogP contribution in [-0.4, -0.2) is 43.3 Å². The highest BCUT2D eigenvalue weighted by Crippen LogP contribution is 2.34. The van der Waals surface area contributed by atoms with Crippen molar-refractivity contribution in [1.82, 2.24) is 10.2 Å². The van der Waals surface area contributed by atoms with E-state index in [4.69, 9.17) is 9.47 Å². The molecule has 27 heavy (non-hydrogen) atoms. The number of nitrogens with zero attached hydrogens (tertiary/aromatic N) is 1. The summed E-state index contributed by atoms with van der Waals surface area (Å²) in [7, 11) is 0. The van der Waals surface area contributed by atoms with Gasteiger partial charge in [-0.25, -0.2) is 4.79 Å². The number of urea groups is 1. The molecule has 7 nitrogen and oxygen atoms in total. The molecule has 1 heterocycles. The predicted molar refractivity (Wildman–Crippen MR) is 102 cm³/mol. The minimum Gasteiger partial charge on any atom is -0.454 e. The minimum atomic E-state index is -0.571. The second-order valence-electron chi connectivity index (χ2n) is 6.17. The molecule has 0 saturated heterocycles. The Morgan fingerprint density at radius 1 is 1.07 bits per heavy atom. The van der Waals surface area contributed by atoms with Crippen LogP contribution >= 0.6 is 0 Å². The molecule has 3 amide bonds. The molecule has 3 rings (SSSR count). The van der Waals surface area contributed by atoms with Crippen LogP contribution in [0, 0.1) is 0 Å². The highest BCUT2D eigenvalue weighted by atomic mass is 16.7. The van der Waals surface area contributed by atoms with Crippen LogP contribution in [0.1, 0.15) is 12.5 Å². The number of amides is 3. The molecule has 142 valence electrons. The fraction of sp³-hybridized carbons (Fsp3) is 0.300. The molecule has 2 aromatic carbocycles. The first kappa shape index (κ1) is 18.7. The van der Waals surface area contributed by atoms with Gasteiger partial charge in [-0.05, 0) is 30.7 Å². The van der Waals surface area contributed by atoms with Crippen LogP contribution < -0.4 is 20.1 Å². The standard InChI is InChI=1S/C20H23N3O4/c1-2-23(11-10-15-6-4-3-5-7-15)13-19(24)22-20(25)21-16-8-9-17-18(12-16)27-14-26-17/h3-9,12H,2,10-11,13-14H2,1H3,(H2,21,22,24,25). The van der Waals surface area contributed by atoms with E-state index >= 15 is 0 Å². The van der Waals surface area contributed by atoms with E-state index in [1.54, 1.807) is 18.2 Å². The van der Waals surface area contributed by atoms with Gasteiger partial charge in [0.05, 0.1) is 6.54 Å². The lowest BCUT2D eigenvalue weighted by molar-refractivity contribution is -0.121. The summed E-state index contributed by atoms with van der Waals surface area (Å²) in [4.78, 5) is 26.2. The van der Waals surface area contributed by atoms with Crippen molar-refractivity contribution in [2.75, 3.05) is 31.7 Å². The normalized spacial score (nSPS) is 12.1. The third kappa shape index (κ3) is 5.46. The van der Waals surface area contributed by atoms with Gasteiger partial charge in [-0.1, -0.05) is 37.3 Å². The fourth-order valence-corrected chi connectivity index (χ4v) is 2.79. The molecule has 0 spiro atoms. The SMILES string of the molecule is CCN(CCc1ccccc1)CC(=O)NC(=O)Nc1ccc2c(c1)OCO2. The summed E-state index contributed by atoms with van der Waals surface area (Å²) in [5, 5.41) is 4.98. The summed E-state index contributed by atoms with van der Waals surface area (Å²) < 4.78 is 10.5. The lowest BCUT2D eigenvalue weighted by Crippen LogP contribution is -2.42. The van der Waals surface area contributed by atoms with E-state index in [9.17, 15) is 9.59 Å². The Morgan fingerprint density at radius 2 is 1.85 bits per heavy atom. The van der Waals surface area contributed by atoms with E-state index in [0.29, 0.717) is 17.2 Å². The second kappa shape index (κ2) is 9.05. The average molecular weight is 369 g/mol. The van der Waals surface area contributed by atoms with Crippen molar-refractivity contribution in [3.8, 4) is 11.5 Å². The average Bonchev–Trinajstić information content (AvgIpc) is 3.13. The largest absolute Gasteiger partial charge is 0.454 e. The Bertz CT molecular complexity index is 795. The van der Waals surface area contributed by atoms with Crippen molar-refractivity contribution in [2.45, 2.75) is 13.3 Å². The lowest BCUT2D eigenvalue weighted by atomic mass is 10.1. The van der Waals surface area contributed by atoms with E-state index in [1.807, 2.05) is 30.0 Å². The molecule has 1 aliphatic rings. The van der Waals surface area contributed by atoms with Crippen LogP contribution in [0.4, 0.5) is 10.5 Å². The van der Waals surface area contributed by atoms with E-state index in [-0.39, 0.29) is 19.2 Å². The van der Waals surface area contributed by atoms with Gasteiger partial charge in [-0.15, -0.1) is 0 Å². The number of likely N-dealkylation sites (N-methyl/N-ethyl adjacent to an activating group) is 1. The molecule has 7 heteroatoms. The van der Waals surface area contributed by atoms with Crippen molar-refractivity contribution in [3.63, 3.8) is 0 Å². The molecule has 0 radical (unpaired) electrons. The number of ether oxygens (including phenoxy) is 2. The van der Waals surface area contributed by atoms with Gasteiger partial charge in [0.2, 0.25) is 12.7 Å². The molecule has 1 aliphatic heterocycles. The monoisotopic (exact) mass is 369 g/mol. The quantitative estimate of drug-likeness (QED) is 0.784. The third-order valence-electron chi connectivity index (χ3n) is 4.26. The van der Waals surface area contributed by atoms with Crippen molar-refractivity contribution in [2.24, 2.45) is 0 Å². The maximum Gasteiger partial charge on any atom is 0.325 e. The van der Waals surface area contributed by atoms with Gasteiger partial charge in [-0.2, -0.15) is 0 Å². The lowest BCUT2D eigenvalue weighted by Gasteiger charge is -2.19. The highest BCUT2D eigenvalue weighted by Gasteiger charge is 2.16. The number of nitrogens with one attached hydrogen (secondary N) is 2. The zero-order valence-electron chi connectivity index (χ0n) is 15.2. The summed E-state index contributed by atoms with van der Waals surface area (Å²) in [6, 6.07) is 14.6. The summed E-state index contributed by atoms with van der Waals surface area (Å²) >= 11 is 0. The van der Waals surface area contributed by atoms with E-state index in [0.717, 1.165) is 19.5 Å². The molecule has 0 atom stereocenters. The number of benzene rings is 2. The number of hydrogen-bond donors (Lipinski definition) is 2. The van der Waals surface area contributed by atoms with Crippen molar-refractivity contribution < 1.29 is 19.1 Å². The molecule has 0 fully saturated rings. The van der Waals surface area contributed by atoms with Crippen LogP contribution in [-0.2, 0) is 11.2 Å². The highest BCUT2D eigenvalue weighted by molar-refractivity contribution is 6.01. The van der Waals surface area contributed by atoms with Crippen LogP contribution in [0.3, 0.4) is 0 Å². The molecule has 0 aromatic heterocycles. The smallest absolute Gasteiger partial charge is 0.325 e. The van der Waals surface area contributed by atoms with Gasteiger partial charge in [0.15, 0.2) is 11.5 Å². The molecular weight excluding hydrogens is 346 g/mol. The number of rotatable bonds is 7. The summed E-state index contributed by atoms with van der Waals surface area (Å²) in [6.07, 6.45) is 0.853. The fourth-order valence-electron chi connectivity index (χ4n) is 2.79. The number of carbonyl (C=O) groups excluding carboxylic acids is 2. The Kier molecular flexibility index (Phi) is 6.27. The molecule has 0 unspecified atom stereocenters. The second-order valence-corrected chi connectivity index (χ2v) is 6.17. The van der Waals surface area contributed by atoms with Gasteiger partial charge in [-0.3, -0.25) is 15.0 Å². The first-order valence-corrected chi connectivity index (χ1v) is 8.91. The first-order valence-electron chi connectivity index (χ1n) is 8.91. The van der Waals surface area contributed by atoms with Crippen LogP contribution in [0.5, 0.6) is 11.5 Å². The zero-order valence-corrected chi connectivity index (χ0v) is 15.2. The molecule has 0 bridgehead atoms. The van der Waals surface area contributed by atoms with Crippen molar-refractivity contribution in [3.05, 3.63) is 54.1 Å². The van der Waals surface area contributed by atoms with Gasteiger partial charge in [0.1, 0.15) is 0 Å². The van der Waals surface area contributed by atoms with E-state index < -0.39 is 6.03 Å². The summed E-state index contributed by atoms with van der Waals surface area (Å²) in [5.74, 6) is 0.856. The first-order chi connectivity index (χ1) is 13.1. The summed E-state index contributed by atoms with van der Waals surface area (Å²) in [6.45, 7) is 3.80. The van der Waals surface area contributed by atoms with Crippen molar-refractivity contribution in [1.29, 1.82) is 0 Å². The maximum absolute atomic E-state index is 12.2.